The van der Waals surface area contributed by atoms with Gasteiger partial charge in [0, 0.05) is 0 Å². The molecule has 6 heteroatoms. The van der Waals surface area contributed by atoms with Crippen LogP contribution in [0.1, 0.15) is 168 Å². The molecule has 46 heavy (non-hydrogen) atoms. The Labute approximate surface area is 283 Å². The van der Waals surface area contributed by atoms with Crippen LogP contribution in [-0.4, -0.2) is 57.3 Å². The van der Waals surface area contributed by atoms with Crippen LogP contribution in [0.15, 0.2) is 48.6 Å². The van der Waals surface area contributed by atoms with Crippen molar-refractivity contribution in [2.75, 3.05) is 6.61 Å². The molecule has 0 aromatic heterocycles. The minimum absolute atomic E-state index is 0.343. The SMILES string of the molecule is CC/C=C/CC/C=C/CC/C=C/CCCC(O)C(O)C(CO)NC(=O)C(O)CCCCCC/C=C\CCCCCCCCCCC. The number of nitrogens with one attached hydrogen (secondary N) is 1. The molecule has 0 bridgehead atoms. The summed E-state index contributed by atoms with van der Waals surface area (Å²) in [6, 6.07) is -1.01. The number of aliphatic hydroxyl groups is 4. The molecule has 0 saturated heterocycles. The maximum atomic E-state index is 12.4. The molecule has 0 heterocycles. The number of aliphatic hydroxyl groups excluding tert-OH is 4. The largest absolute Gasteiger partial charge is 0.394 e. The third kappa shape index (κ3) is 28.5. The summed E-state index contributed by atoms with van der Waals surface area (Å²) in [7, 11) is 0. The highest BCUT2D eigenvalue weighted by molar-refractivity contribution is 5.80. The highest BCUT2D eigenvalue weighted by Crippen LogP contribution is 2.13. The van der Waals surface area contributed by atoms with Crippen molar-refractivity contribution in [3.8, 4) is 0 Å². The highest BCUT2D eigenvalue weighted by Gasteiger charge is 2.28. The fourth-order valence-electron chi connectivity index (χ4n) is 5.44. The van der Waals surface area contributed by atoms with Crippen molar-refractivity contribution < 1.29 is 25.2 Å². The smallest absolute Gasteiger partial charge is 0.249 e. The van der Waals surface area contributed by atoms with Gasteiger partial charge in [0.05, 0.1) is 18.8 Å². The molecule has 0 aliphatic carbocycles. The van der Waals surface area contributed by atoms with E-state index in [1.807, 2.05) is 0 Å². The van der Waals surface area contributed by atoms with Crippen LogP contribution in [0.25, 0.3) is 0 Å². The van der Waals surface area contributed by atoms with Crippen LogP contribution < -0.4 is 5.32 Å². The monoisotopic (exact) mass is 648 g/mol. The second-order valence-electron chi connectivity index (χ2n) is 12.9. The second-order valence-corrected chi connectivity index (χ2v) is 12.9. The number of rotatable bonds is 33. The first kappa shape index (κ1) is 44.3. The van der Waals surface area contributed by atoms with Crippen LogP contribution in [0.2, 0.25) is 0 Å². The van der Waals surface area contributed by atoms with Gasteiger partial charge in [-0.05, 0) is 83.5 Å². The molecule has 4 atom stereocenters. The first-order valence-electron chi connectivity index (χ1n) is 19.0. The van der Waals surface area contributed by atoms with Gasteiger partial charge in [-0.1, -0.05) is 133 Å². The molecule has 0 fully saturated rings. The van der Waals surface area contributed by atoms with Gasteiger partial charge in [0.1, 0.15) is 12.2 Å². The van der Waals surface area contributed by atoms with E-state index in [1.54, 1.807) is 0 Å². The fraction of sp³-hybridized carbons (Fsp3) is 0.775. The Morgan fingerprint density at radius 1 is 0.543 bits per heavy atom. The van der Waals surface area contributed by atoms with Gasteiger partial charge in [0.15, 0.2) is 0 Å². The molecule has 0 aromatic rings. The van der Waals surface area contributed by atoms with Crippen LogP contribution in [0.3, 0.4) is 0 Å². The number of allylic oxidation sites excluding steroid dienone is 8. The first-order chi connectivity index (χ1) is 22.5. The molecule has 6 nitrogen and oxygen atoms in total. The molecule has 0 radical (unpaired) electrons. The zero-order chi connectivity index (χ0) is 33.9. The van der Waals surface area contributed by atoms with E-state index in [2.05, 4.69) is 67.8 Å². The van der Waals surface area contributed by atoms with Crippen molar-refractivity contribution >= 4 is 5.91 Å². The molecular formula is C40H73NO5. The summed E-state index contributed by atoms with van der Waals surface area (Å²) in [6.45, 7) is 3.89. The molecule has 268 valence electrons. The molecule has 1 amide bonds. The number of carbonyl (C=O) groups excluding carboxylic acids is 1. The molecule has 0 saturated carbocycles. The molecule has 0 aromatic carbocycles. The van der Waals surface area contributed by atoms with Gasteiger partial charge in [-0.15, -0.1) is 0 Å². The third-order valence-electron chi connectivity index (χ3n) is 8.48. The molecule has 4 unspecified atom stereocenters. The van der Waals surface area contributed by atoms with E-state index < -0.39 is 36.9 Å². The van der Waals surface area contributed by atoms with Crippen molar-refractivity contribution in [2.24, 2.45) is 0 Å². The Morgan fingerprint density at radius 2 is 0.978 bits per heavy atom. The van der Waals surface area contributed by atoms with Gasteiger partial charge in [0.25, 0.3) is 0 Å². The average molecular weight is 648 g/mol. The molecule has 0 rings (SSSR count). The molecule has 0 spiro atoms. The molecule has 0 aliphatic rings. The van der Waals surface area contributed by atoms with Gasteiger partial charge >= 0.3 is 0 Å². The van der Waals surface area contributed by atoms with Crippen molar-refractivity contribution in [2.45, 2.75) is 192 Å². The van der Waals surface area contributed by atoms with Gasteiger partial charge in [-0.3, -0.25) is 4.79 Å². The summed E-state index contributed by atoms with van der Waals surface area (Å²) in [4.78, 5) is 12.4. The molecule has 0 aliphatic heterocycles. The second kappa shape index (κ2) is 34.6. The Kier molecular flexibility index (Phi) is 33.3. The topological polar surface area (TPSA) is 110 Å². The summed E-state index contributed by atoms with van der Waals surface area (Å²) < 4.78 is 0. The Morgan fingerprint density at radius 3 is 1.48 bits per heavy atom. The minimum atomic E-state index is -1.30. The van der Waals surface area contributed by atoms with Gasteiger partial charge in [0.2, 0.25) is 5.91 Å². The standard InChI is InChI=1S/C40H73NO5/c1-3-5-7-9-11-13-15-17-18-19-20-22-24-26-28-30-32-34-38(44)40(46)41-36(35-42)39(45)37(43)33-31-29-27-25-23-21-16-14-12-10-8-6-4-2/h6,8,14,16,20,22,25,27,36-39,42-45H,3-5,7,9-13,15,17-19,21,23-24,26,28-35H2,1-2H3,(H,41,46)/b8-6+,16-14+,22-20-,27-25+. The number of hydrogen-bond donors (Lipinski definition) is 5. The van der Waals surface area contributed by atoms with E-state index in [4.69, 9.17) is 0 Å². The maximum Gasteiger partial charge on any atom is 0.249 e. The third-order valence-corrected chi connectivity index (χ3v) is 8.48. The number of amides is 1. The Hall–Kier alpha value is -1.73. The summed E-state index contributed by atoms with van der Waals surface area (Å²) in [5.41, 5.74) is 0. The van der Waals surface area contributed by atoms with E-state index in [1.165, 1.54) is 64.2 Å². The average Bonchev–Trinajstić information content (AvgIpc) is 3.06. The van der Waals surface area contributed by atoms with E-state index in [9.17, 15) is 25.2 Å². The van der Waals surface area contributed by atoms with Crippen LogP contribution >= 0.6 is 0 Å². The molecular weight excluding hydrogens is 574 g/mol. The summed E-state index contributed by atoms with van der Waals surface area (Å²) in [6.07, 6.45) is 39.9. The number of carbonyl (C=O) groups is 1. The zero-order valence-electron chi connectivity index (χ0n) is 29.8. The first-order valence-corrected chi connectivity index (χ1v) is 19.0. The van der Waals surface area contributed by atoms with E-state index >= 15 is 0 Å². The van der Waals surface area contributed by atoms with E-state index in [-0.39, 0.29) is 0 Å². The van der Waals surface area contributed by atoms with Crippen LogP contribution in [0, 0.1) is 0 Å². The molecule has 5 N–H and O–H groups in total. The maximum absolute atomic E-state index is 12.4. The summed E-state index contributed by atoms with van der Waals surface area (Å²) >= 11 is 0. The normalized spacial score (nSPS) is 15.0. The lowest BCUT2D eigenvalue weighted by atomic mass is 10.00. The zero-order valence-corrected chi connectivity index (χ0v) is 29.8. The van der Waals surface area contributed by atoms with Gasteiger partial charge in [-0.25, -0.2) is 0 Å². The van der Waals surface area contributed by atoms with Gasteiger partial charge in [-0.2, -0.15) is 0 Å². The van der Waals surface area contributed by atoms with E-state index in [0.717, 1.165) is 70.6 Å². The summed E-state index contributed by atoms with van der Waals surface area (Å²) in [5, 5.41) is 43.4. The van der Waals surface area contributed by atoms with E-state index in [0.29, 0.717) is 19.3 Å². The van der Waals surface area contributed by atoms with Crippen molar-refractivity contribution in [3.05, 3.63) is 48.6 Å². The lowest BCUT2D eigenvalue weighted by molar-refractivity contribution is -0.132. The number of unbranched alkanes of at least 4 members (excludes halogenated alkanes) is 16. The van der Waals surface area contributed by atoms with Gasteiger partial charge < -0.3 is 25.7 Å². The fourth-order valence-corrected chi connectivity index (χ4v) is 5.44. The summed E-state index contributed by atoms with van der Waals surface area (Å²) in [5.74, 6) is -0.612. The minimum Gasteiger partial charge on any atom is -0.394 e. The lowest BCUT2D eigenvalue weighted by Crippen LogP contribution is -2.53. The highest BCUT2D eigenvalue weighted by atomic mass is 16.3. The van der Waals surface area contributed by atoms with Crippen molar-refractivity contribution in [1.82, 2.24) is 5.32 Å². The quantitative estimate of drug-likeness (QED) is 0.0360. The lowest BCUT2D eigenvalue weighted by Gasteiger charge is -2.27. The Bertz CT molecular complexity index is 778. The van der Waals surface area contributed by atoms with Crippen LogP contribution in [-0.2, 0) is 4.79 Å². The Balaban J connectivity index is 3.90. The predicted molar refractivity (Wildman–Crippen MR) is 196 cm³/mol. The number of hydrogen-bond acceptors (Lipinski definition) is 5. The van der Waals surface area contributed by atoms with Crippen LogP contribution in [0.4, 0.5) is 0 Å². The van der Waals surface area contributed by atoms with Crippen molar-refractivity contribution in [1.29, 1.82) is 0 Å². The predicted octanol–water partition coefficient (Wildman–Crippen LogP) is 9.17. The van der Waals surface area contributed by atoms with Crippen molar-refractivity contribution in [3.63, 3.8) is 0 Å². The van der Waals surface area contributed by atoms with Crippen LogP contribution in [0.5, 0.6) is 0 Å².